The minimum atomic E-state index is -2.16. The average Bonchev–Trinajstić information content (AvgIpc) is 3.45. The van der Waals surface area contributed by atoms with E-state index in [4.69, 9.17) is 0 Å². The Morgan fingerprint density at radius 2 is 0.487 bits per heavy atom. The van der Waals surface area contributed by atoms with Crippen LogP contribution in [0.15, 0.2) is 84.9 Å². The van der Waals surface area contributed by atoms with Gasteiger partial charge in [0.2, 0.25) is 0 Å². The second kappa shape index (κ2) is 21.4. The van der Waals surface area contributed by atoms with E-state index in [0.717, 1.165) is 44.5 Å². The summed E-state index contributed by atoms with van der Waals surface area (Å²) < 4.78 is 0. The minimum absolute atomic E-state index is 0.0680. The topological polar surface area (TPSA) is 0 Å². The van der Waals surface area contributed by atoms with Crippen LogP contribution in [0.25, 0.3) is 44.5 Å². The van der Waals surface area contributed by atoms with Crippen LogP contribution in [0.2, 0.25) is 72.5 Å². The molecule has 7 rings (SSSR count). The third-order valence-electron chi connectivity index (χ3n) is 21.5. The monoisotopic (exact) mass is 1090 g/mol. The number of fused-ring (bicyclic) bond motifs is 8. The summed E-state index contributed by atoms with van der Waals surface area (Å²) in [5, 5.41) is 0.359. The van der Waals surface area contributed by atoms with Gasteiger partial charge in [0.05, 0.1) is 11.1 Å². The Hall–Kier alpha value is -5.67. The fourth-order valence-corrected chi connectivity index (χ4v) is 19.0. The van der Waals surface area contributed by atoms with Crippen molar-refractivity contribution >= 4 is 32.3 Å². The van der Waals surface area contributed by atoms with Gasteiger partial charge in [-0.2, -0.15) is 0 Å². The van der Waals surface area contributed by atoms with Gasteiger partial charge >= 0.3 is 0 Å². The molecule has 0 aliphatic heterocycles. The number of benzene rings is 5. The Morgan fingerprint density at radius 1 is 0.269 bits per heavy atom. The van der Waals surface area contributed by atoms with E-state index in [9.17, 15) is 0 Å². The molecule has 0 amide bonds. The Kier molecular flexibility index (Phi) is 16.5. The van der Waals surface area contributed by atoms with Crippen molar-refractivity contribution in [2.24, 2.45) is 23.7 Å². The summed E-state index contributed by atoms with van der Waals surface area (Å²) in [5.41, 5.74) is 32.9. The molecule has 0 atom stereocenters. The molecule has 2 aliphatic rings. The molecule has 0 N–H and O–H groups in total. The van der Waals surface area contributed by atoms with Crippen LogP contribution < -0.4 is 0 Å². The summed E-state index contributed by atoms with van der Waals surface area (Å²) in [6.45, 7) is 57.3. The Balaban J connectivity index is 1.61. The molecule has 0 unspecified atom stereocenters. The standard InChI is InChI=1S/C74H90Si4/c1-51(2)71(9,10)75(17,18)47-43-55-33-34-56(44-48-76(19,20)72(11,12)52(3)4)60(40-42-62-58(46-50-78(23,24)74(15,16)54(7)8)36-38-68-64-30-26-28-32-66(64)70(62)68)59(55)39-41-61-57(45-49-77(21,22)73(13,14)53(5)6)35-37-67-63-29-25-27-31-65(63)69(61)67/h25-38,51-54H,1-24H3. The van der Waals surface area contributed by atoms with Crippen LogP contribution in [0.4, 0.5) is 0 Å². The van der Waals surface area contributed by atoms with Gasteiger partial charge in [0.15, 0.2) is 0 Å². The molecular formula is C74H90Si4. The third kappa shape index (κ3) is 10.7. The van der Waals surface area contributed by atoms with Crippen molar-refractivity contribution in [1.29, 1.82) is 0 Å². The van der Waals surface area contributed by atoms with Crippen LogP contribution in [0.3, 0.4) is 0 Å². The molecule has 0 saturated heterocycles. The quantitative estimate of drug-likeness (QED) is 0.105. The molecule has 5 aromatic rings. The van der Waals surface area contributed by atoms with E-state index in [1.54, 1.807) is 0 Å². The lowest BCUT2D eigenvalue weighted by atomic mass is 9.76. The molecule has 5 aromatic carbocycles. The maximum atomic E-state index is 3.97. The van der Waals surface area contributed by atoms with Crippen LogP contribution in [0, 0.1) is 93.2 Å². The Bertz CT molecular complexity index is 3380. The minimum Gasteiger partial charge on any atom is -0.126 e. The van der Waals surface area contributed by atoms with Crippen molar-refractivity contribution in [2.45, 2.75) is 183 Å². The number of hydrogen-bond acceptors (Lipinski definition) is 0. The van der Waals surface area contributed by atoms with Gasteiger partial charge in [0.25, 0.3) is 0 Å². The summed E-state index contributed by atoms with van der Waals surface area (Å²) in [4.78, 5) is 0. The van der Waals surface area contributed by atoms with Gasteiger partial charge in [0.1, 0.15) is 32.3 Å². The average molecular weight is 1090 g/mol. The van der Waals surface area contributed by atoms with Gasteiger partial charge in [0, 0.05) is 44.5 Å². The molecule has 0 radical (unpaired) electrons. The maximum absolute atomic E-state index is 3.97. The second-order valence-electron chi connectivity index (χ2n) is 28.3. The second-order valence-corrected chi connectivity index (χ2v) is 47.5. The first kappa shape index (κ1) is 60.0. The molecule has 78 heavy (non-hydrogen) atoms. The van der Waals surface area contributed by atoms with Crippen LogP contribution in [0.1, 0.15) is 155 Å². The van der Waals surface area contributed by atoms with Gasteiger partial charge in [-0.3, -0.25) is 0 Å². The van der Waals surface area contributed by atoms with E-state index in [1.165, 1.54) is 44.5 Å². The van der Waals surface area contributed by atoms with Gasteiger partial charge < -0.3 is 0 Å². The molecule has 4 heteroatoms. The zero-order chi connectivity index (χ0) is 57.9. The molecule has 0 aromatic heterocycles. The third-order valence-corrected chi connectivity index (χ3v) is 39.7. The molecule has 0 saturated carbocycles. The molecule has 0 bridgehead atoms. The summed E-state index contributed by atoms with van der Waals surface area (Å²) in [6.07, 6.45) is 0. The number of hydrogen-bond donors (Lipinski definition) is 0. The first-order valence-electron chi connectivity index (χ1n) is 28.9. The fourth-order valence-electron chi connectivity index (χ4n) is 10.2. The lowest BCUT2D eigenvalue weighted by molar-refractivity contribution is 0.462. The molecule has 0 fully saturated rings. The van der Waals surface area contributed by atoms with Crippen molar-refractivity contribution in [3.05, 3.63) is 129 Å². The highest BCUT2D eigenvalue weighted by molar-refractivity contribution is 6.89. The number of rotatable bonds is 8. The fraction of sp³-hybridized carbons (Fsp3) is 0.432. The van der Waals surface area contributed by atoms with Crippen LogP contribution in [-0.2, 0) is 0 Å². The Morgan fingerprint density at radius 3 is 0.744 bits per heavy atom. The van der Waals surface area contributed by atoms with Crippen molar-refractivity contribution < 1.29 is 0 Å². The highest BCUT2D eigenvalue weighted by atomic mass is 28.3. The van der Waals surface area contributed by atoms with Crippen molar-refractivity contribution in [2.75, 3.05) is 0 Å². The van der Waals surface area contributed by atoms with Crippen molar-refractivity contribution in [1.82, 2.24) is 0 Å². The molecule has 402 valence electrons. The van der Waals surface area contributed by atoms with Crippen LogP contribution in [-0.4, -0.2) is 32.3 Å². The van der Waals surface area contributed by atoms with E-state index in [1.807, 2.05) is 0 Å². The first-order chi connectivity index (χ1) is 36.0. The first-order valence-corrected chi connectivity index (χ1v) is 40.9. The zero-order valence-corrected chi connectivity index (χ0v) is 56.4. The lowest BCUT2D eigenvalue weighted by Crippen LogP contribution is -2.41. The van der Waals surface area contributed by atoms with E-state index in [2.05, 4.69) is 318 Å². The molecular weight excluding hydrogens is 1000 g/mol. The highest BCUT2D eigenvalue weighted by Crippen LogP contribution is 2.52. The SMILES string of the molecule is CC(C)C(C)(C)[Si](C)(C)C#Cc1ccc(C#C[Si](C)(C)C(C)(C)C(C)C)c(C#Cc2c(C#C[Si](C)(C)C(C)(C)C(C)C)ccc3c2-c2ccccc2-3)c1C#Cc1c(C#C[Si](C)(C)C(C)(C)C(C)C)ccc2c1-c1ccccc1-2. The molecule has 0 spiro atoms. The van der Waals surface area contributed by atoms with Crippen molar-refractivity contribution in [3.63, 3.8) is 0 Å². The summed E-state index contributed by atoms with van der Waals surface area (Å²) in [5.74, 6) is 32.9. The lowest BCUT2D eigenvalue weighted by Gasteiger charge is -2.39. The predicted molar refractivity (Wildman–Crippen MR) is 353 cm³/mol. The smallest absolute Gasteiger partial charge is 0.126 e. The summed E-state index contributed by atoms with van der Waals surface area (Å²) in [6, 6.07) is 30.8. The van der Waals surface area contributed by atoms with Gasteiger partial charge in [-0.25, -0.2) is 0 Å². The largest absolute Gasteiger partial charge is 0.138 e. The van der Waals surface area contributed by atoms with E-state index in [0.29, 0.717) is 23.7 Å². The summed E-state index contributed by atoms with van der Waals surface area (Å²) >= 11 is 0. The van der Waals surface area contributed by atoms with Gasteiger partial charge in [-0.05, 0) is 101 Å². The van der Waals surface area contributed by atoms with Gasteiger partial charge in [-0.1, -0.05) is 271 Å². The van der Waals surface area contributed by atoms with E-state index >= 15 is 0 Å². The van der Waals surface area contributed by atoms with Gasteiger partial charge in [-0.15, -0.1) is 22.2 Å². The van der Waals surface area contributed by atoms with E-state index < -0.39 is 32.3 Å². The Labute approximate surface area is 479 Å². The van der Waals surface area contributed by atoms with E-state index in [-0.39, 0.29) is 20.2 Å². The predicted octanol–water partition coefficient (Wildman–Crippen LogP) is 19.9. The van der Waals surface area contributed by atoms with Crippen LogP contribution >= 0.6 is 0 Å². The molecule has 0 nitrogen and oxygen atoms in total. The molecule has 0 heterocycles. The van der Waals surface area contributed by atoms with Crippen LogP contribution in [0.5, 0.6) is 0 Å². The zero-order valence-electron chi connectivity index (χ0n) is 52.4. The highest BCUT2D eigenvalue weighted by Gasteiger charge is 2.44. The maximum Gasteiger partial charge on any atom is 0.138 e. The summed E-state index contributed by atoms with van der Waals surface area (Å²) in [7, 11) is -8.43. The van der Waals surface area contributed by atoms with Crippen molar-refractivity contribution in [3.8, 4) is 114 Å². The normalized spacial score (nSPS) is 13.0. The molecule has 2 aliphatic carbocycles.